The van der Waals surface area contributed by atoms with E-state index in [1.165, 1.54) is 39.5 Å². The van der Waals surface area contributed by atoms with E-state index in [1.54, 1.807) is 54.6 Å². The number of methoxy groups -OCH3 is 3. The van der Waals surface area contributed by atoms with Crippen LogP contribution in [0.25, 0.3) is 0 Å². The van der Waals surface area contributed by atoms with Crippen LogP contribution in [0, 0.1) is 0 Å². The van der Waals surface area contributed by atoms with Crippen LogP contribution in [-0.4, -0.2) is 58.4 Å². The standard InChI is InChI=1S/C17H18O5.C16H16O5/c1-21-13-9-15(20)17(16(10-13)22-2)14(19)8-5-11-3-6-12(18)7-4-11;1-21-12-8-14(19)16(15(20)9-12)13(18)7-4-10-2-5-11(17)6-3-10/h3-4,6-7,9-10,18,20H,5,8H2,1-2H3;2-3,5-6,8-9,17,19-20H,4,7H2,1H3. The third kappa shape index (κ3) is 8.80. The molecule has 0 radical (unpaired) electrons. The zero-order valence-electron chi connectivity index (χ0n) is 24.0. The summed E-state index contributed by atoms with van der Waals surface area (Å²) >= 11 is 0. The number of aryl methyl sites for hydroxylation is 2. The molecular formula is C33H34O10. The van der Waals surface area contributed by atoms with Gasteiger partial charge in [0.05, 0.1) is 21.3 Å². The summed E-state index contributed by atoms with van der Waals surface area (Å²) in [6.45, 7) is 0. The van der Waals surface area contributed by atoms with Gasteiger partial charge in [-0.3, -0.25) is 9.59 Å². The zero-order valence-corrected chi connectivity index (χ0v) is 24.0. The first-order valence-corrected chi connectivity index (χ1v) is 13.2. The Hall–Kier alpha value is -5.38. The molecule has 0 spiro atoms. The Kier molecular flexibility index (Phi) is 11.2. The van der Waals surface area contributed by atoms with Crippen molar-refractivity contribution in [2.24, 2.45) is 0 Å². The molecule has 226 valence electrons. The zero-order chi connectivity index (χ0) is 31.5. The van der Waals surface area contributed by atoms with E-state index in [1.807, 2.05) is 0 Å². The molecule has 4 aromatic carbocycles. The summed E-state index contributed by atoms with van der Waals surface area (Å²) in [7, 11) is 4.31. The number of phenols is 5. The van der Waals surface area contributed by atoms with E-state index in [0.29, 0.717) is 18.6 Å². The lowest BCUT2D eigenvalue weighted by Gasteiger charge is -2.12. The van der Waals surface area contributed by atoms with Crippen LogP contribution < -0.4 is 14.2 Å². The number of ketones is 2. The normalized spacial score (nSPS) is 10.3. The highest BCUT2D eigenvalue weighted by Gasteiger charge is 2.20. The Balaban J connectivity index is 0.000000236. The molecule has 10 heteroatoms. The van der Waals surface area contributed by atoms with Gasteiger partial charge in [0, 0.05) is 37.1 Å². The van der Waals surface area contributed by atoms with Crippen molar-refractivity contribution < 1.29 is 49.3 Å². The molecule has 0 atom stereocenters. The molecule has 5 N–H and O–H groups in total. The van der Waals surface area contributed by atoms with Crippen molar-refractivity contribution >= 4 is 11.6 Å². The predicted molar refractivity (Wildman–Crippen MR) is 159 cm³/mol. The summed E-state index contributed by atoms with van der Waals surface area (Å²) < 4.78 is 15.1. The van der Waals surface area contributed by atoms with Gasteiger partial charge in [0.25, 0.3) is 0 Å². The summed E-state index contributed by atoms with van der Waals surface area (Å²) in [6.07, 6.45) is 1.32. The van der Waals surface area contributed by atoms with E-state index in [0.717, 1.165) is 11.1 Å². The average molecular weight is 591 g/mol. The largest absolute Gasteiger partial charge is 0.508 e. The Labute approximate surface area is 249 Å². The molecule has 0 aliphatic carbocycles. The van der Waals surface area contributed by atoms with Crippen LogP contribution in [0.1, 0.15) is 44.7 Å². The SMILES string of the molecule is COc1cc(O)c(C(=O)CCc2ccc(O)cc2)c(O)c1.COc1cc(O)c(C(=O)CCc2ccc(O)cc2)c(OC)c1. The molecule has 0 aliphatic heterocycles. The third-order valence-electron chi connectivity index (χ3n) is 6.53. The summed E-state index contributed by atoms with van der Waals surface area (Å²) in [4.78, 5) is 24.5. The number of rotatable bonds is 11. The Bertz CT molecular complexity index is 1520. The van der Waals surface area contributed by atoms with Crippen molar-refractivity contribution in [3.8, 4) is 46.0 Å². The van der Waals surface area contributed by atoms with E-state index >= 15 is 0 Å². The second-order valence-corrected chi connectivity index (χ2v) is 9.44. The molecule has 43 heavy (non-hydrogen) atoms. The molecule has 0 aliphatic rings. The topological polar surface area (TPSA) is 163 Å². The number of carbonyl (C=O) groups is 2. The minimum absolute atomic E-state index is 0.102. The molecule has 0 unspecified atom stereocenters. The highest BCUT2D eigenvalue weighted by molar-refractivity contribution is 6.02. The van der Waals surface area contributed by atoms with Crippen molar-refractivity contribution in [1.29, 1.82) is 0 Å². The lowest BCUT2D eigenvalue weighted by atomic mass is 10.0. The van der Waals surface area contributed by atoms with Crippen LogP contribution in [0.3, 0.4) is 0 Å². The van der Waals surface area contributed by atoms with Gasteiger partial charge < -0.3 is 39.7 Å². The number of hydrogen-bond acceptors (Lipinski definition) is 10. The van der Waals surface area contributed by atoms with E-state index in [-0.39, 0.29) is 75.8 Å². The van der Waals surface area contributed by atoms with Gasteiger partial charge in [0.2, 0.25) is 0 Å². The second-order valence-electron chi connectivity index (χ2n) is 9.44. The maximum atomic E-state index is 12.4. The Morgan fingerprint density at radius 3 is 1.30 bits per heavy atom. The van der Waals surface area contributed by atoms with Crippen molar-refractivity contribution in [1.82, 2.24) is 0 Å². The minimum atomic E-state index is -0.360. The number of aromatic hydroxyl groups is 5. The quantitative estimate of drug-likeness (QED) is 0.140. The average Bonchev–Trinajstić information content (AvgIpc) is 2.99. The Morgan fingerprint density at radius 2 is 0.907 bits per heavy atom. The molecule has 0 heterocycles. The van der Waals surface area contributed by atoms with Crippen LogP contribution in [0.5, 0.6) is 46.0 Å². The highest BCUT2D eigenvalue weighted by atomic mass is 16.5. The maximum Gasteiger partial charge on any atom is 0.170 e. The van der Waals surface area contributed by atoms with Gasteiger partial charge in [-0.25, -0.2) is 0 Å². The van der Waals surface area contributed by atoms with E-state index in [9.17, 15) is 35.1 Å². The molecule has 0 aromatic heterocycles. The molecule has 0 saturated carbocycles. The number of Topliss-reactive ketones (excluding diaryl/α,β-unsaturated/α-hetero) is 2. The fraction of sp³-hybridized carbons (Fsp3) is 0.212. The number of phenolic OH excluding ortho intramolecular Hbond substituents is 5. The van der Waals surface area contributed by atoms with Crippen molar-refractivity contribution in [3.05, 3.63) is 95.1 Å². The van der Waals surface area contributed by atoms with Gasteiger partial charge in [0.1, 0.15) is 57.1 Å². The molecule has 0 saturated heterocycles. The van der Waals surface area contributed by atoms with Crippen LogP contribution >= 0.6 is 0 Å². The molecule has 0 bridgehead atoms. The smallest absolute Gasteiger partial charge is 0.170 e. The molecule has 0 amide bonds. The van der Waals surface area contributed by atoms with Crippen molar-refractivity contribution in [2.45, 2.75) is 25.7 Å². The second kappa shape index (κ2) is 15.0. The Morgan fingerprint density at radius 1 is 0.535 bits per heavy atom. The molecule has 10 nitrogen and oxygen atoms in total. The van der Waals surface area contributed by atoms with Crippen LogP contribution in [-0.2, 0) is 12.8 Å². The summed E-state index contributed by atoms with van der Waals surface area (Å²) in [5.74, 6) is -0.0139. The van der Waals surface area contributed by atoms with Gasteiger partial charge in [-0.05, 0) is 48.2 Å². The molecule has 0 fully saturated rings. The number of ether oxygens (including phenoxy) is 3. The number of carbonyl (C=O) groups excluding carboxylic acids is 2. The van der Waals surface area contributed by atoms with Crippen molar-refractivity contribution in [3.63, 3.8) is 0 Å². The maximum absolute atomic E-state index is 12.4. The summed E-state index contributed by atoms with van der Waals surface area (Å²) in [5, 5.41) is 48.1. The van der Waals surface area contributed by atoms with E-state index < -0.39 is 0 Å². The van der Waals surface area contributed by atoms with Gasteiger partial charge in [-0.1, -0.05) is 24.3 Å². The van der Waals surface area contributed by atoms with Crippen LogP contribution in [0.4, 0.5) is 0 Å². The van der Waals surface area contributed by atoms with Crippen LogP contribution in [0.2, 0.25) is 0 Å². The fourth-order valence-corrected chi connectivity index (χ4v) is 4.22. The monoisotopic (exact) mass is 590 g/mol. The first-order valence-electron chi connectivity index (χ1n) is 13.2. The van der Waals surface area contributed by atoms with E-state index in [4.69, 9.17) is 14.2 Å². The summed E-state index contributed by atoms with van der Waals surface area (Å²) in [5.41, 5.74) is 1.86. The first-order chi connectivity index (χ1) is 20.6. The predicted octanol–water partition coefficient (Wildman–Crippen LogP) is 5.56. The lowest BCUT2D eigenvalue weighted by Crippen LogP contribution is -2.05. The minimum Gasteiger partial charge on any atom is -0.508 e. The lowest BCUT2D eigenvalue weighted by molar-refractivity contribution is 0.0968. The third-order valence-corrected chi connectivity index (χ3v) is 6.53. The number of hydrogen-bond donors (Lipinski definition) is 5. The number of benzene rings is 4. The van der Waals surface area contributed by atoms with Crippen molar-refractivity contribution in [2.75, 3.05) is 21.3 Å². The highest BCUT2D eigenvalue weighted by Crippen LogP contribution is 2.35. The van der Waals surface area contributed by atoms with Gasteiger partial charge in [-0.15, -0.1) is 0 Å². The van der Waals surface area contributed by atoms with Crippen LogP contribution in [0.15, 0.2) is 72.8 Å². The summed E-state index contributed by atoms with van der Waals surface area (Å²) in [6, 6.07) is 18.7. The fourth-order valence-electron chi connectivity index (χ4n) is 4.22. The molecule has 4 aromatic rings. The van der Waals surface area contributed by atoms with Gasteiger partial charge in [-0.2, -0.15) is 0 Å². The molecule has 4 rings (SSSR count). The first kappa shape index (κ1) is 32.1. The van der Waals surface area contributed by atoms with E-state index in [2.05, 4.69) is 0 Å². The van der Waals surface area contributed by atoms with Gasteiger partial charge in [0.15, 0.2) is 11.6 Å². The van der Waals surface area contributed by atoms with Gasteiger partial charge >= 0.3 is 0 Å². The molecular weight excluding hydrogens is 556 g/mol.